The summed E-state index contributed by atoms with van der Waals surface area (Å²) < 4.78 is 45.1. The van der Waals surface area contributed by atoms with E-state index in [0.717, 1.165) is 66.6 Å². The fourth-order valence-corrected chi connectivity index (χ4v) is 5.30. The van der Waals surface area contributed by atoms with Crippen molar-refractivity contribution in [2.45, 2.75) is 29.3 Å². The molecular formula is C27H29F3N2O6S. The van der Waals surface area contributed by atoms with Crippen LogP contribution in [0.4, 0.5) is 13.2 Å². The normalized spacial score (nSPS) is 16.5. The van der Waals surface area contributed by atoms with Gasteiger partial charge in [-0.15, -0.1) is 0 Å². The van der Waals surface area contributed by atoms with E-state index in [-0.39, 0.29) is 5.97 Å². The van der Waals surface area contributed by atoms with Gasteiger partial charge in [-0.25, -0.2) is 9.59 Å². The zero-order chi connectivity index (χ0) is 28.6. The van der Waals surface area contributed by atoms with Crippen molar-refractivity contribution in [1.82, 2.24) is 9.80 Å². The monoisotopic (exact) mass is 566 g/mol. The van der Waals surface area contributed by atoms with Crippen molar-refractivity contribution in [3.8, 4) is 0 Å². The first-order valence-electron chi connectivity index (χ1n) is 12.2. The van der Waals surface area contributed by atoms with Crippen LogP contribution in [0.5, 0.6) is 0 Å². The first kappa shape index (κ1) is 30.2. The van der Waals surface area contributed by atoms with Crippen molar-refractivity contribution < 1.29 is 42.5 Å². The molecule has 2 aliphatic heterocycles. The molecule has 210 valence electrons. The number of hydrogen-bond acceptors (Lipinski definition) is 7. The number of ether oxygens (including phenoxy) is 1. The van der Waals surface area contributed by atoms with Crippen molar-refractivity contribution >= 4 is 35.2 Å². The highest BCUT2D eigenvalue weighted by Gasteiger charge is 2.32. The number of hydrogen-bond donors (Lipinski definition) is 2. The summed E-state index contributed by atoms with van der Waals surface area (Å²) in [6.07, 6.45) is -1.51. The van der Waals surface area contributed by atoms with E-state index in [4.69, 9.17) is 24.5 Å². The summed E-state index contributed by atoms with van der Waals surface area (Å²) in [5.74, 6) is -3.90. The van der Waals surface area contributed by atoms with Crippen LogP contribution in [0.1, 0.15) is 30.0 Å². The average molecular weight is 567 g/mol. The summed E-state index contributed by atoms with van der Waals surface area (Å²) in [5, 5.41) is 14.8. The molecule has 2 aromatic rings. The Hall–Kier alpha value is -3.35. The molecule has 1 saturated heterocycles. The van der Waals surface area contributed by atoms with E-state index in [1.807, 2.05) is 24.3 Å². The predicted octanol–water partition coefficient (Wildman–Crippen LogP) is 4.33. The fourth-order valence-electron chi connectivity index (χ4n) is 4.21. The highest BCUT2D eigenvalue weighted by Crippen LogP contribution is 2.47. The molecule has 0 amide bonds. The van der Waals surface area contributed by atoms with Crippen LogP contribution in [0.3, 0.4) is 0 Å². The number of esters is 1. The summed E-state index contributed by atoms with van der Waals surface area (Å²) in [6, 6.07) is 11.9. The number of alkyl halides is 3. The molecule has 0 radical (unpaired) electrons. The minimum Gasteiger partial charge on any atom is -0.473 e. The number of benzene rings is 2. The molecule has 0 spiro atoms. The summed E-state index contributed by atoms with van der Waals surface area (Å²) >= 11 is 1.52. The first-order chi connectivity index (χ1) is 18.5. The fraction of sp³-hybridized carbons (Fsp3) is 0.370. The lowest BCUT2D eigenvalue weighted by Crippen LogP contribution is -2.47. The molecule has 0 bridgehead atoms. The Balaban J connectivity index is 0.000000631. The number of carbonyl (C=O) groups excluding carboxylic acids is 1. The molecule has 2 N–H and O–H groups in total. The van der Waals surface area contributed by atoms with E-state index in [1.54, 1.807) is 6.07 Å². The van der Waals surface area contributed by atoms with Crippen LogP contribution >= 0.6 is 11.8 Å². The Bertz CT molecular complexity index is 1210. The van der Waals surface area contributed by atoms with E-state index < -0.39 is 23.7 Å². The van der Waals surface area contributed by atoms with Gasteiger partial charge in [0, 0.05) is 56.0 Å². The lowest BCUT2D eigenvalue weighted by molar-refractivity contribution is -0.159. The number of carboxylic acids is 2. The van der Waals surface area contributed by atoms with Gasteiger partial charge in [0.1, 0.15) is 6.61 Å². The molecule has 0 unspecified atom stereocenters. The van der Waals surface area contributed by atoms with Gasteiger partial charge in [-0.1, -0.05) is 36.0 Å². The van der Waals surface area contributed by atoms with E-state index in [2.05, 4.69) is 15.9 Å². The van der Waals surface area contributed by atoms with Crippen LogP contribution in [0.25, 0.3) is 5.57 Å². The van der Waals surface area contributed by atoms with Gasteiger partial charge in [0.15, 0.2) is 0 Å². The van der Waals surface area contributed by atoms with E-state index >= 15 is 0 Å². The smallest absolute Gasteiger partial charge is 0.416 e. The van der Waals surface area contributed by atoms with Gasteiger partial charge < -0.3 is 19.8 Å². The molecule has 2 heterocycles. The summed E-state index contributed by atoms with van der Waals surface area (Å²) in [7, 11) is 0. The third-order valence-corrected chi connectivity index (χ3v) is 7.30. The van der Waals surface area contributed by atoms with Gasteiger partial charge in [0.25, 0.3) is 0 Å². The van der Waals surface area contributed by atoms with Gasteiger partial charge >= 0.3 is 24.1 Å². The minimum atomic E-state index is -4.36. The number of nitrogens with zero attached hydrogens (tertiary/aromatic N) is 2. The largest absolute Gasteiger partial charge is 0.473 e. The molecular weight excluding hydrogens is 537 g/mol. The molecule has 2 aromatic carbocycles. The van der Waals surface area contributed by atoms with Crippen molar-refractivity contribution in [3.05, 3.63) is 65.2 Å². The lowest BCUT2D eigenvalue weighted by atomic mass is 9.94. The number of rotatable bonds is 6. The maximum atomic E-state index is 13.4. The van der Waals surface area contributed by atoms with Crippen LogP contribution in [0.2, 0.25) is 0 Å². The predicted molar refractivity (Wildman–Crippen MR) is 138 cm³/mol. The Morgan fingerprint density at radius 1 is 0.923 bits per heavy atom. The van der Waals surface area contributed by atoms with Crippen LogP contribution in [0.15, 0.2) is 58.3 Å². The van der Waals surface area contributed by atoms with Gasteiger partial charge in [0.2, 0.25) is 0 Å². The molecule has 0 aliphatic carbocycles. The molecule has 1 fully saturated rings. The third kappa shape index (κ3) is 8.84. The van der Waals surface area contributed by atoms with Gasteiger partial charge in [-0.2, -0.15) is 13.2 Å². The second-order valence-electron chi connectivity index (χ2n) is 8.85. The van der Waals surface area contributed by atoms with Crippen molar-refractivity contribution in [2.24, 2.45) is 0 Å². The summed E-state index contributed by atoms with van der Waals surface area (Å²) in [5.41, 5.74) is 1.91. The second kappa shape index (κ2) is 13.6. The lowest BCUT2D eigenvalue weighted by Gasteiger charge is -2.34. The zero-order valence-electron chi connectivity index (χ0n) is 21.2. The Kier molecular flexibility index (Phi) is 10.6. The number of aliphatic carboxylic acids is 2. The molecule has 0 atom stereocenters. The maximum absolute atomic E-state index is 13.4. The Morgan fingerprint density at radius 3 is 2.10 bits per heavy atom. The third-order valence-electron chi connectivity index (χ3n) is 6.15. The Labute approximate surface area is 228 Å². The highest BCUT2D eigenvalue weighted by molar-refractivity contribution is 7.99. The molecule has 39 heavy (non-hydrogen) atoms. The molecule has 2 aliphatic rings. The minimum absolute atomic E-state index is 0.256. The van der Waals surface area contributed by atoms with Crippen LogP contribution in [-0.4, -0.2) is 83.8 Å². The number of carboxylic acid groups (broad SMARTS) is 2. The van der Waals surface area contributed by atoms with Crippen LogP contribution in [-0.2, 0) is 25.3 Å². The van der Waals surface area contributed by atoms with Crippen LogP contribution in [0, 0.1) is 0 Å². The number of halogens is 3. The van der Waals surface area contributed by atoms with E-state index in [0.29, 0.717) is 12.2 Å². The molecule has 12 heteroatoms. The van der Waals surface area contributed by atoms with E-state index in [1.165, 1.54) is 30.8 Å². The van der Waals surface area contributed by atoms with Crippen molar-refractivity contribution in [1.29, 1.82) is 0 Å². The molecule has 0 aromatic heterocycles. The SMILES string of the molecule is CC(=O)OCCN1CCN(CCC=C2c3ccccc3Sc3ccc(C(F)(F)F)cc32)CC1.O=C(O)C(=O)O. The summed E-state index contributed by atoms with van der Waals surface area (Å²) in [4.78, 5) is 35.7. The van der Waals surface area contributed by atoms with E-state index in [9.17, 15) is 18.0 Å². The van der Waals surface area contributed by atoms with Crippen LogP contribution < -0.4 is 0 Å². The molecule has 0 saturated carbocycles. The first-order valence-corrected chi connectivity index (χ1v) is 13.0. The maximum Gasteiger partial charge on any atom is 0.416 e. The number of carbonyl (C=O) groups is 3. The topological polar surface area (TPSA) is 107 Å². The number of fused-ring (bicyclic) bond motifs is 2. The van der Waals surface area contributed by atoms with Crippen molar-refractivity contribution in [2.75, 3.05) is 45.9 Å². The summed E-state index contributed by atoms with van der Waals surface area (Å²) in [6.45, 7) is 7.09. The van der Waals surface area contributed by atoms with Gasteiger partial charge in [0.05, 0.1) is 5.56 Å². The quantitative estimate of drug-likeness (QED) is 0.333. The van der Waals surface area contributed by atoms with Gasteiger partial charge in [-0.05, 0) is 47.4 Å². The zero-order valence-corrected chi connectivity index (χ0v) is 22.1. The average Bonchev–Trinajstić information content (AvgIpc) is 2.88. The van der Waals surface area contributed by atoms with Crippen molar-refractivity contribution in [3.63, 3.8) is 0 Å². The van der Waals surface area contributed by atoms with Gasteiger partial charge in [-0.3, -0.25) is 9.69 Å². The Morgan fingerprint density at radius 2 is 1.51 bits per heavy atom. The number of piperazine rings is 1. The molecule has 4 rings (SSSR count). The highest BCUT2D eigenvalue weighted by atomic mass is 32.2. The second-order valence-corrected chi connectivity index (χ2v) is 9.93. The standard InChI is InChI=1S/C25H27F3N2O2S.C2H2O4/c1-18(31)32-16-15-30-13-11-29(12-14-30)10-4-6-20-21-5-2-3-7-23(21)33-24-9-8-19(17-22(20)24)25(26,27)28;3-1(4)2(5)6/h2-3,5-9,17H,4,10-16H2,1H3;(H,3,4)(H,5,6). The molecule has 8 nitrogen and oxygen atoms in total.